The Morgan fingerprint density at radius 2 is 1.12 bits per heavy atom. The standard InChI is InChI=1S/C36H46N4O2/c1-23-13-15-27(23)35(41)33(19-25-21-39-31-11-5-3-9-29(25)31)37-17-7-8-18-38-34(36(42)28-16-14-24(28)2)20-26-22-40-32-12-6-4-10-30(26)32/h3-6,9-12,21-24,27-28,33-34,37-40H,7-8,13-20H2,1-2H3/t23-,24+,27+,28-,33-,34-/m0/s1. The molecule has 2 aliphatic carbocycles. The van der Waals surface area contributed by atoms with E-state index in [0.717, 1.165) is 62.6 Å². The van der Waals surface area contributed by atoms with Gasteiger partial charge in [-0.05, 0) is 99.6 Å². The topological polar surface area (TPSA) is 89.8 Å². The Bertz CT molecular complexity index is 1400. The zero-order valence-corrected chi connectivity index (χ0v) is 25.1. The monoisotopic (exact) mass is 566 g/mol. The van der Waals surface area contributed by atoms with Gasteiger partial charge in [0.05, 0.1) is 12.1 Å². The molecule has 6 nitrogen and oxygen atoms in total. The molecule has 2 fully saturated rings. The first kappa shape index (κ1) is 28.9. The molecular weight excluding hydrogens is 520 g/mol. The second-order valence-electron chi connectivity index (χ2n) is 13.0. The van der Waals surface area contributed by atoms with Crippen LogP contribution in [-0.2, 0) is 22.4 Å². The van der Waals surface area contributed by atoms with Crippen molar-refractivity contribution >= 4 is 33.4 Å². The number of benzene rings is 2. The molecule has 6 heteroatoms. The molecule has 0 saturated heterocycles. The summed E-state index contributed by atoms with van der Waals surface area (Å²) in [7, 11) is 0. The maximum Gasteiger partial charge on any atom is 0.153 e. The van der Waals surface area contributed by atoms with Gasteiger partial charge in [0.1, 0.15) is 0 Å². The van der Waals surface area contributed by atoms with Crippen molar-refractivity contribution < 1.29 is 9.59 Å². The van der Waals surface area contributed by atoms with Crippen LogP contribution in [0.3, 0.4) is 0 Å². The maximum atomic E-state index is 13.5. The summed E-state index contributed by atoms with van der Waals surface area (Å²) < 4.78 is 0. The number of para-hydroxylation sites is 2. The molecule has 0 spiro atoms. The van der Waals surface area contributed by atoms with Crippen molar-refractivity contribution in [2.45, 2.75) is 77.3 Å². The van der Waals surface area contributed by atoms with E-state index >= 15 is 0 Å². The van der Waals surface area contributed by atoms with Gasteiger partial charge in [-0.3, -0.25) is 9.59 Å². The van der Waals surface area contributed by atoms with Gasteiger partial charge in [-0.25, -0.2) is 0 Å². The number of aromatic amines is 2. The molecule has 2 saturated carbocycles. The lowest BCUT2D eigenvalue weighted by Gasteiger charge is -2.35. The van der Waals surface area contributed by atoms with Gasteiger partial charge in [0, 0.05) is 46.0 Å². The lowest BCUT2D eigenvalue weighted by atomic mass is 9.70. The molecule has 0 unspecified atom stereocenters. The fraction of sp³-hybridized carbons (Fsp3) is 0.500. The second kappa shape index (κ2) is 13.0. The largest absolute Gasteiger partial charge is 0.361 e. The zero-order valence-electron chi connectivity index (χ0n) is 25.1. The Balaban J connectivity index is 1.04. The van der Waals surface area contributed by atoms with Gasteiger partial charge in [0.15, 0.2) is 11.6 Å². The average Bonchev–Trinajstić information content (AvgIpc) is 3.59. The Kier molecular flexibility index (Phi) is 8.92. The molecule has 42 heavy (non-hydrogen) atoms. The number of hydrogen-bond acceptors (Lipinski definition) is 4. The molecule has 222 valence electrons. The molecule has 2 aromatic heterocycles. The van der Waals surface area contributed by atoms with E-state index in [-0.39, 0.29) is 23.9 Å². The minimum absolute atomic E-state index is 0.166. The predicted molar refractivity (Wildman–Crippen MR) is 171 cm³/mol. The van der Waals surface area contributed by atoms with Gasteiger partial charge in [0.25, 0.3) is 0 Å². The van der Waals surface area contributed by atoms with Gasteiger partial charge in [-0.2, -0.15) is 0 Å². The smallest absolute Gasteiger partial charge is 0.153 e. The Morgan fingerprint density at radius 1 is 0.690 bits per heavy atom. The molecule has 2 aromatic carbocycles. The third kappa shape index (κ3) is 6.11. The SMILES string of the molecule is C[C@@H]1CC[C@@H]1C(=O)[C@H](Cc1c[nH]c2ccccc12)NCCCCN[C@@H](Cc1c[nH]c2ccccc12)C(=O)[C@@H]1CC[C@@H]1C. The first-order valence-corrected chi connectivity index (χ1v) is 16.1. The molecule has 0 aliphatic heterocycles. The highest BCUT2D eigenvalue weighted by atomic mass is 16.1. The highest BCUT2D eigenvalue weighted by molar-refractivity contribution is 5.90. The molecule has 2 heterocycles. The normalized spacial score (nSPS) is 23.4. The van der Waals surface area contributed by atoms with Crippen molar-refractivity contribution in [3.63, 3.8) is 0 Å². The fourth-order valence-corrected chi connectivity index (χ4v) is 7.09. The summed E-state index contributed by atoms with van der Waals surface area (Å²) in [5.41, 5.74) is 4.65. The minimum Gasteiger partial charge on any atom is -0.361 e. The van der Waals surface area contributed by atoms with E-state index in [2.05, 4.69) is 83.2 Å². The van der Waals surface area contributed by atoms with Crippen LogP contribution in [-0.4, -0.2) is 46.7 Å². The Labute approximate surface area is 249 Å². The second-order valence-corrected chi connectivity index (χ2v) is 13.0. The van der Waals surface area contributed by atoms with E-state index in [1.807, 2.05) is 12.1 Å². The molecule has 6 rings (SSSR count). The summed E-state index contributed by atoms with van der Waals surface area (Å²) in [5, 5.41) is 9.69. The Morgan fingerprint density at radius 3 is 1.50 bits per heavy atom. The van der Waals surface area contributed by atoms with E-state index < -0.39 is 0 Å². The van der Waals surface area contributed by atoms with E-state index in [1.165, 1.54) is 21.9 Å². The number of carbonyl (C=O) groups excluding carboxylic acids is 2. The number of hydrogen-bond donors (Lipinski definition) is 4. The van der Waals surface area contributed by atoms with E-state index in [4.69, 9.17) is 0 Å². The van der Waals surface area contributed by atoms with Crippen LogP contribution in [0.25, 0.3) is 21.8 Å². The average molecular weight is 567 g/mol. The van der Waals surface area contributed by atoms with Crippen LogP contribution in [0, 0.1) is 23.7 Å². The first-order chi connectivity index (χ1) is 20.5. The van der Waals surface area contributed by atoms with Crippen LogP contribution in [0.2, 0.25) is 0 Å². The molecule has 0 radical (unpaired) electrons. The van der Waals surface area contributed by atoms with Crippen LogP contribution in [0.15, 0.2) is 60.9 Å². The lowest BCUT2D eigenvalue weighted by Crippen LogP contribution is -2.47. The highest BCUT2D eigenvalue weighted by Gasteiger charge is 2.38. The van der Waals surface area contributed by atoms with Crippen LogP contribution in [0.4, 0.5) is 0 Å². The summed E-state index contributed by atoms with van der Waals surface area (Å²) >= 11 is 0. The van der Waals surface area contributed by atoms with Gasteiger partial charge >= 0.3 is 0 Å². The van der Waals surface area contributed by atoms with Gasteiger partial charge in [-0.1, -0.05) is 50.2 Å². The van der Waals surface area contributed by atoms with Crippen molar-refractivity contribution in [1.82, 2.24) is 20.6 Å². The summed E-state index contributed by atoms with van der Waals surface area (Å²) in [4.78, 5) is 33.8. The number of rotatable bonds is 15. The predicted octanol–water partition coefficient (Wildman–Crippen LogP) is 6.36. The van der Waals surface area contributed by atoms with Crippen molar-refractivity contribution in [3.05, 3.63) is 72.1 Å². The van der Waals surface area contributed by atoms with Crippen molar-refractivity contribution in [2.24, 2.45) is 23.7 Å². The molecule has 0 amide bonds. The Hall–Kier alpha value is -3.22. The minimum atomic E-state index is -0.166. The molecule has 0 bridgehead atoms. The van der Waals surface area contributed by atoms with Crippen LogP contribution in [0.5, 0.6) is 0 Å². The van der Waals surface area contributed by atoms with Gasteiger partial charge in [-0.15, -0.1) is 0 Å². The van der Waals surface area contributed by atoms with E-state index in [1.54, 1.807) is 0 Å². The molecule has 4 N–H and O–H groups in total. The molecule has 4 aromatic rings. The third-order valence-electron chi connectivity index (χ3n) is 10.2. The zero-order chi connectivity index (χ0) is 29.1. The number of aromatic nitrogens is 2. The number of H-pyrrole nitrogens is 2. The van der Waals surface area contributed by atoms with Crippen molar-refractivity contribution in [2.75, 3.05) is 13.1 Å². The summed E-state index contributed by atoms with van der Waals surface area (Å²) in [6.07, 6.45) is 11.8. The molecular formula is C36H46N4O2. The van der Waals surface area contributed by atoms with Crippen molar-refractivity contribution in [3.8, 4) is 0 Å². The van der Waals surface area contributed by atoms with Gasteiger partial charge < -0.3 is 20.6 Å². The first-order valence-electron chi connectivity index (χ1n) is 16.1. The van der Waals surface area contributed by atoms with Crippen LogP contribution >= 0.6 is 0 Å². The number of unbranched alkanes of at least 4 members (excludes halogenated alkanes) is 1. The number of fused-ring (bicyclic) bond motifs is 2. The van der Waals surface area contributed by atoms with E-state index in [9.17, 15) is 9.59 Å². The lowest BCUT2D eigenvalue weighted by molar-refractivity contribution is -0.130. The number of ketones is 2. The number of nitrogens with one attached hydrogen (secondary N) is 4. The molecule has 2 aliphatic rings. The van der Waals surface area contributed by atoms with Crippen LogP contribution < -0.4 is 10.6 Å². The number of carbonyl (C=O) groups is 2. The molecule has 6 atom stereocenters. The summed E-state index contributed by atoms with van der Waals surface area (Å²) in [5.74, 6) is 2.07. The summed E-state index contributed by atoms with van der Waals surface area (Å²) in [6.45, 7) is 6.00. The van der Waals surface area contributed by atoms with Gasteiger partial charge in [0.2, 0.25) is 0 Å². The van der Waals surface area contributed by atoms with Crippen molar-refractivity contribution in [1.29, 1.82) is 0 Å². The van der Waals surface area contributed by atoms with Crippen LogP contribution in [0.1, 0.15) is 63.5 Å². The number of Topliss-reactive ketones (excluding diaryl/α,β-unsaturated/α-hetero) is 2. The van der Waals surface area contributed by atoms with E-state index in [0.29, 0.717) is 36.2 Å². The quantitative estimate of drug-likeness (QED) is 0.126. The highest BCUT2D eigenvalue weighted by Crippen LogP contribution is 2.36. The fourth-order valence-electron chi connectivity index (χ4n) is 7.09. The maximum absolute atomic E-state index is 13.5. The third-order valence-corrected chi connectivity index (χ3v) is 10.2. The summed E-state index contributed by atoms with van der Waals surface area (Å²) in [6, 6.07) is 16.3.